The Kier molecular flexibility index (Phi) is 173. The molecule has 0 aliphatic heterocycles. The van der Waals surface area contributed by atoms with Gasteiger partial charge >= 0.3 is 91.4 Å². The van der Waals surface area contributed by atoms with Crippen molar-refractivity contribution >= 4 is 115 Å². The maximum atomic E-state index is 8.52. The van der Waals surface area contributed by atoms with Crippen LogP contribution in [0.1, 0.15) is 0 Å². The quantitative estimate of drug-likeness (QED) is 0.204. The standard InChI is InChI=1S/2B.2Bi.5O3Si.2Zn/c;;;;5*1-4(2)3;;/q;;2*+3;5*-2;2*+2. The van der Waals surface area contributed by atoms with Crippen molar-refractivity contribution in [1.29, 1.82) is 0 Å². The van der Waals surface area contributed by atoms with Gasteiger partial charge in [-0.2, -0.15) is 0 Å². The van der Waals surface area contributed by atoms with Crippen molar-refractivity contribution in [3.8, 4) is 0 Å². The van der Waals surface area contributed by atoms with Gasteiger partial charge in [-0.15, -0.1) is 0 Å². The molecule has 0 aromatic heterocycles. The second kappa shape index (κ2) is 63.4. The van der Waals surface area contributed by atoms with E-state index in [1.54, 1.807) is 0 Å². The van der Waals surface area contributed by atoms with Crippen LogP contribution in [0.5, 0.6) is 0 Å². The van der Waals surface area contributed by atoms with Crippen molar-refractivity contribution in [3.63, 3.8) is 0 Å². The summed E-state index contributed by atoms with van der Waals surface area (Å²) in [5, 5.41) is 0. The monoisotopic (exact) mass is 948 g/mol. The fourth-order valence-electron chi connectivity index (χ4n) is 0. The van der Waals surface area contributed by atoms with E-state index in [0.29, 0.717) is 0 Å². The maximum Gasteiger partial charge on any atom is 3.00 e. The summed E-state index contributed by atoms with van der Waals surface area (Å²) in [5.74, 6) is 0. The van der Waals surface area contributed by atoms with E-state index in [-0.39, 0.29) is 108 Å². The van der Waals surface area contributed by atoms with Gasteiger partial charge in [0.25, 0.3) is 0 Å². The third kappa shape index (κ3) is 9830. The predicted molar refractivity (Wildman–Crippen MR) is 55.2 cm³/mol. The van der Waals surface area contributed by atoms with Crippen LogP contribution in [0.4, 0.5) is 0 Å². The third-order valence-electron chi connectivity index (χ3n) is 0. The van der Waals surface area contributed by atoms with E-state index in [4.69, 9.17) is 70.3 Å². The Balaban J connectivity index is -0.0000000114. The van der Waals surface area contributed by atoms with Gasteiger partial charge in [-0.3, -0.25) is 0 Å². The summed E-state index contributed by atoms with van der Waals surface area (Å²) in [6, 6.07) is 0. The van der Waals surface area contributed by atoms with E-state index in [9.17, 15) is 0 Å². The summed E-state index contributed by atoms with van der Waals surface area (Å²) < 4.78 is 42.6. The zero-order chi connectivity index (χ0) is 17.9. The van der Waals surface area contributed by atoms with Crippen LogP contribution in [0, 0.1) is 0 Å². The maximum absolute atomic E-state index is 8.52. The van der Waals surface area contributed by atoms with Crippen LogP contribution < -0.4 is 48.0 Å². The average Bonchev–Trinajstić information content (AvgIpc) is 1.94. The molecule has 130 valence electrons. The van der Waals surface area contributed by atoms with Crippen molar-refractivity contribution in [1.82, 2.24) is 0 Å². The largest absolute Gasteiger partial charge is 3.00 e. The Hall–Kier alpha value is 1.23. The Morgan fingerprint density at radius 1 is 0.346 bits per heavy atom. The molecule has 0 heterocycles. The van der Waals surface area contributed by atoms with Crippen LogP contribution in [-0.4, -0.2) is 115 Å². The zero-order valence-corrected chi connectivity index (χ0v) is 30.0. The van der Waals surface area contributed by atoms with E-state index in [1.807, 2.05) is 0 Å². The second-order valence-corrected chi connectivity index (χ2v) is 3.75. The molecule has 0 aliphatic carbocycles. The summed E-state index contributed by atoms with van der Waals surface area (Å²) in [5.41, 5.74) is 0. The fraction of sp³-hybridized carbons (Fsp3) is 0. The first-order valence-corrected chi connectivity index (χ1v) is 9.19. The Labute approximate surface area is 222 Å². The molecule has 0 aromatic rings. The Morgan fingerprint density at radius 3 is 0.346 bits per heavy atom. The molecule has 0 saturated carbocycles. The smallest absolute Gasteiger partial charge is 0.672 e. The van der Waals surface area contributed by atoms with Gasteiger partial charge in [0, 0.05) is 62.7 Å². The van der Waals surface area contributed by atoms with Crippen molar-refractivity contribution in [2.75, 3.05) is 0 Å². The number of hydrogen-bond acceptors (Lipinski definition) is 15. The molecule has 0 rings (SSSR count). The summed E-state index contributed by atoms with van der Waals surface area (Å²) in [6.07, 6.45) is 0. The van der Waals surface area contributed by atoms with Crippen LogP contribution in [0.25, 0.3) is 0 Å². The molecule has 15 nitrogen and oxygen atoms in total. The molecule has 26 heavy (non-hydrogen) atoms. The van der Waals surface area contributed by atoms with Gasteiger partial charge in [-0.25, -0.2) is 0 Å². The van der Waals surface area contributed by atoms with Crippen LogP contribution in [-0.2, 0) is 61.3 Å². The minimum Gasteiger partial charge on any atom is -0.672 e. The molecule has 10 radical (unpaired) electrons. The number of rotatable bonds is 0. The Bertz CT molecular complexity index is 231. The van der Waals surface area contributed by atoms with Crippen molar-refractivity contribution in [2.45, 2.75) is 0 Å². The van der Waals surface area contributed by atoms with Crippen molar-refractivity contribution < 1.29 is 109 Å². The molecule has 26 heteroatoms. The molecule has 0 saturated heterocycles. The van der Waals surface area contributed by atoms with Gasteiger partial charge in [-0.05, 0) is 0 Å². The van der Waals surface area contributed by atoms with Gasteiger partial charge in [0.15, 0.2) is 0 Å². The second-order valence-electron chi connectivity index (χ2n) is 1.25. The van der Waals surface area contributed by atoms with Crippen LogP contribution in [0.15, 0.2) is 0 Å². The summed E-state index contributed by atoms with van der Waals surface area (Å²) >= 11 is 0. The van der Waals surface area contributed by atoms with E-state index >= 15 is 0 Å². The summed E-state index contributed by atoms with van der Waals surface area (Å²) in [4.78, 5) is 85.2. The summed E-state index contributed by atoms with van der Waals surface area (Å²) in [7, 11) is -18.1. The molecule has 0 aromatic carbocycles. The van der Waals surface area contributed by atoms with E-state index in [2.05, 4.69) is 0 Å². The normalized spacial score (nSPS) is 4.62. The van der Waals surface area contributed by atoms with Gasteiger partial charge in [0.1, 0.15) is 0 Å². The summed E-state index contributed by atoms with van der Waals surface area (Å²) in [6.45, 7) is 0. The molecule has 0 spiro atoms. The first-order chi connectivity index (χ1) is 8.66. The first kappa shape index (κ1) is 71.1. The molecule has 0 bridgehead atoms. The van der Waals surface area contributed by atoms with E-state index in [1.165, 1.54) is 0 Å². The molecule has 0 fully saturated rings. The van der Waals surface area contributed by atoms with E-state index < -0.39 is 45.9 Å². The van der Waals surface area contributed by atoms with Gasteiger partial charge in [0.2, 0.25) is 0 Å². The van der Waals surface area contributed by atoms with Gasteiger partial charge < -0.3 is 70.3 Å². The average molecular weight is 951 g/mol. The molecule has 0 aliphatic rings. The Morgan fingerprint density at radius 2 is 0.346 bits per heavy atom. The molecular formula is B2Bi2O15Si5Zn2. The third-order valence-corrected chi connectivity index (χ3v) is 0. The van der Waals surface area contributed by atoms with Gasteiger partial charge in [0.05, 0.1) is 0 Å². The van der Waals surface area contributed by atoms with Crippen LogP contribution in [0.3, 0.4) is 0 Å². The van der Waals surface area contributed by atoms with Crippen molar-refractivity contribution in [2.24, 2.45) is 0 Å². The fourth-order valence-corrected chi connectivity index (χ4v) is 0. The SMILES string of the molecule is O=[Si]([O-])[O-].O=[Si]([O-])[O-].O=[Si]([O-])[O-].O=[Si]([O-])[O-].O=[Si]([O-])[O-].[B].[B].[Bi+3].[Bi+3].[Zn+2].[Zn+2]. The topological polar surface area (TPSA) is 316 Å². The molecule has 0 N–H and O–H groups in total. The molecule has 0 atom stereocenters. The molecular weight excluding hydrogens is 951 g/mol. The molecule has 0 amide bonds. The minimum atomic E-state index is -3.63. The number of hydrogen-bond donors (Lipinski definition) is 0. The first-order valence-electron chi connectivity index (χ1n) is 3.06. The van der Waals surface area contributed by atoms with Crippen LogP contribution >= 0.6 is 0 Å². The predicted octanol–water partition coefficient (Wildman–Crippen LogP) is -15.9. The van der Waals surface area contributed by atoms with E-state index in [0.717, 1.165) is 0 Å². The van der Waals surface area contributed by atoms with Gasteiger partial charge in [-0.1, -0.05) is 0 Å². The minimum absolute atomic E-state index is 0. The zero-order valence-electron chi connectivity index (χ0n) is 12.1. The van der Waals surface area contributed by atoms with Crippen molar-refractivity contribution in [3.05, 3.63) is 0 Å². The van der Waals surface area contributed by atoms with Crippen LogP contribution in [0.2, 0.25) is 0 Å². The molecule has 0 unspecified atom stereocenters.